The van der Waals surface area contributed by atoms with E-state index in [1.807, 2.05) is 61.5 Å². The molecule has 1 aliphatic rings. The molecular formula is C26H19I2N3O3. The topological polar surface area (TPSA) is 82.4 Å². The number of rotatable bonds is 6. The van der Waals surface area contributed by atoms with Crippen molar-refractivity contribution < 1.29 is 14.3 Å². The second kappa shape index (κ2) is 10.6. The number of carbonyl (C=O) groups excluding carboxylic acids is 2. The van der Waals surface area contributed by atoms with E-state index < -0.39 is 6.03 Å². The van der Waals surface area contributed by atoms with Gasteiger partial charge in [-0.15, -0.1) is 0 Å². The number of ether oxygens (including phenoxy) is 1. The van der Waals surface area contributed by atoms with Crippen molar-refractivity contribution in [3.63, 3.8) is 0 Å². The fourth-order valence-electron chi connectivity index (χ4n) is 3.61. The number of carbonyl (C=O) groups is 2. The van der Waals surface area contributed by atoms with Crippen LogP contribution in [0.1, 0.15) is 27.8 Å². The van der Waals surface area contributed by atoms with Crippen molar-refractivity contribution >= 4 is 63.2 Å². The highest BCUT2D eigenvalue weighted by Gasteiger charge is 2.33. The van der Waals surface area contributed by atoms with Crippen LogP contribution in [0, 0.1) is 25.4 Å². The predicted octanol–water partition coefficient (Wildman–Crippen LogP) is 5.75. The molecule has 0 radical (unpaired) electrons. The van der Waals surface area contributed by atoms with Crippen LogP contribution in [0.25, 0.3) is 6.08 Å². The number of halogens is 2. The molecule has 0 unspecified atom stereocenters. The molecule has 1 saturated heterocycles. The molecule has 0 atom stereocenters. The van der Waals surface area contributed by atoms with Crippen molar-refractivity contribution in [2.75, 3.05) is 0 Å². The summed E-state index contributed by atoms with van der Waals surface area (Å²) < 4.78 is 7.94. The third-order valence-electron chi connectivity index (χ3n) is 5.23. The van der Waals surface area contributed by atoms with Crippen molar-refractivity contribution in [1.82, 2.24) is 10.2 Å². The summed E-state index contributed by atoms with van der Waals surface area (Å²) in [6, 6.07) is 20.6. The molecule has 4 rings (SSSR count). The maximum Gasteiger partial charge on any atom is 0.329 e. The van der Waals surface area contributed by atoms with Gasteiger partial charge in [0.05, 0.1) is 21.7 Å². The van der Waals surface area contributed by atoms with Crippen LogP contribution in [0.2, 0.25) is 0 Å². The third-order valence-corrected chi connectivity index (χ3v) is 6.66. The maximum atomic E-state index is 13.0. The molecule has 0 aliphatic carbocycles. The van der Waals surface area contributed by atoms with Gasteiger partial charge in [-0.3, -0.25) is 9.69 Å². The second-order valence-electron chi connectivity index (χ2n) is 7.73. The van der Waals surface area contributed by atoms with Crippen LogP contribution in [-0.4, -0.2) is 16.8 Å². The first-order valence-corrected chi connectivity index (χ1v) is 12.5. The largest absolute Gasteiger partial charge is 0.487 e. The van der Waals surface area contributed by atoms with Crippen LogP contribution >= 0.6 is 45.2 Å². The average molecular weight is 675 g/mol. The predicted molar refractivity (Wildman–Crippen MR) is 146 cm³/mol. The van der Waals surface area contributed by atoms with Crippen LogP contribution in [0.4, 0.5) is 4.79 Å². The lowest BCUT2D eigenvalue weighted by Gasteiger charge is -2.14. The zero-order valence-electron chi connectivity index (χ0n) is 18.1. The standard InChI is InChI=1S/C26H19I2N3O3/c1-16-5-4-6-17(9-16)14-31-25(32)23(30-26(31)33)11-20-10-21(27)12-22(28)24(20)34-15-19-8-3-2-7-18(19)13-29/h2-12H,14-15H2,1H3,(H,30,33)/b23-11+. The van der Waals surface area contributed by atoms with E-state index in [2.05, 4.69) is 56.6 Å². The van der Waals surface area contributed by atoms with Gasteiger partial charge < -0.3 is 10.1 Å². The van der Waals surface area contributed by atoms with Gasteiger partial charge in [0.2, 0.25) is 0 Å². The van der Waals surface area contributed by atoms with Crippen molar-refractivity contribution in [3.8, 4) is 11.8 Å². The Bertz CT molecular complexity index is 1360. The van der Waals surface area contributed by atoms with Crippen LogP contribution in [-0.2, 0) is 17.9 Å². The highest BCUT2D eigenvalue weighted by Crippen LogP contribution is 2.32. The summed E-state index contributed by atoms with van der Waals surface area (Å²) in [4.78, 5) is 26.8. The first-order chi connectivity index (χ1) is 16.4. The summed E-state index contributed by atoms with van der Waals surface area (Å²) in [7, 11) is 0. The molecule has 6 nitrogen and oxygen atoms in total. The van der Waals surface area contributed by atoms with Gasteiger partial charge >= 0.3 is 6.03 Å². The van der Waals surface area contributed by atoms with Gasteiger partial charge in [0, 0.05) is 14.7 Å². The molecule has 1 N–H and O–H groups in total. The minimum absolute atomic E-state index is 0.192. The van der Waals surface area contributed by atoms with Crippen LogP contribution in [0.15, 0.2) is 66.4 Å². The number of nitriles is 1. The van der Waals surface area contributed by atoms with Gasteiger partial charge in [0.1, 0.15) is 18.1 Å². The molecule has 0 bridgehead atoms. The van der Waals surface area contributed by atoms with E-state index in [4.69, 9.17) is 4.74 Å². The summed E-state index contributed by atoms with van der Waals surface area (Å²) in [6.45, 7) is 2.37. The fourth-order valence-corrected chi connectivity index (χ4v) is 5.65. The molecule has 1 heterocycles. The van der Waals surface area contributed by atoms with E-state index in [1.165, 1.54) is 4.90 Å². The number of hydrogen-bond donors (Lipinski definition) is 1. The molecule has 3 aromatic carbocycles. The zero-order valence-corrected chi connectivity index (χ0v) is 22.5. The first kappa shape index (κ1) is 24.2. The van der Waals surface area contributed by atoms with Crippen molar-refractivity contribution in [2.45, 2.75) is 20.1 Å². The summed E-state index contributed by atoms with van der Waals surface area (Å²) in [5.41, 5.74) is 4.13. The summed E-state index contributed by atoms with van der Waals surface area (Å²) >= 11 is 4.39. The minimum atomic E-state index is -0.455. The maximum absolute atomic E-state index is 13.0. The van der Waals surface area contributed by atoms with Gasteiger partial charge in [-0.05, 0) is 81.9 Å². The lowest BCUT2D eigenvalue weighted by Crippen LogP contribution is -2.30. The third kappa shape index (κ3) is 5.42. The monoisotopic (exact) mass is 675 g/mol. The molecule has 0 saturated carbocycles. The van der Waals surface area contributed by atoms with Gasteiger partial charge in [0.25, 0.3) is 5.91 Å². The number of nitrogens with zero attached hydrogens (tertiary/aromatic N) is 2. The van der Waals surface area contributed by atoms with E-state index in [1.54, 1.807) is 12.1 Å². The Morgan fingerprint density at radius 3 is 2.65 bits per heavy atom. The molecule has 3 amide bonds. The van der Waals surface area contributed by atoms with Gasteiger partial charge in [-0.1, -0.05) is 48.0 Å². The van der Waals surface area contributed by atoms with Crippen LogP contribution in [0.5, 0.6) is 5.75 Å². The number of urea groups is 1. The van der Waals surface area contributed by atoms with E-state index in [0.717, 1.165) is 23.8 Å². The number of nitrogens with one attached hydrogen (secondary N) is 1. The fraction of sp³-hybridized carbons (Fsp3) is 0.115. The number of benzene rings is 3. The van der Waals surface area contributed by atoms with E-state index >= 15 is 0 Å². The highest BCUT2D eigenvalue weighted by atomic mass is 127. The molecule has 3 aromatic rings. The molecule has 0 spiro atoms. The Kier molecular flexibility index (Phi) is 7.53. The second-order valence-corrected chi connectivity index (χ2v) is 10.1. The van der Waals surface area contributed by atoms with E-state index in [9.17, 15) is 14.9 Å². The summed E-state index contributed by atoms with van der Waals surface area (Å²) in [6.07, 6.45) is 1.65. The number of aryl methyl sites for hydroxylation is 1. The number of imide groups is 1. The Morgan fingerprint density at radius 1 is 1.09 bits per heavy atom. The lowest BCUT2D eigenvalue weighted by atomic mass is 10.1. The molecule has 1 aliphatic heterocycles. The van der Waals surface area contributed by atoms with Gasteiger partial charge in [-0.25, -0.2) is 4.79 Å². The normalized spacial score (nSPS) is 14.3. The van der Waals surface area contributed by atoms with Crippen LogP contribution < -0.4 is 10.1 Å². The van der Waals surface area contributed by atoms with Crippen molar-refractivity contribution in [3.05, 3.63) is 101 Å². The lowest BCUT2D eigenvalue weighted by molar-refractivity contribution is -0.123. The molecule has 0 aromatic heterocycles. The first-order valence-electron chi connectivity index (χ1n) is 10.4. The van der Waals surface area contributed by atoms with E-state index in [0.29, 0.717) is 16.9 Å². The Labute approximate surface area is 224 Å². The minimum Gasteiger partial charge on any atom is -0.487 e. The summed E-state index contributed by atoms with van der Waals surface area (Å²) in [5, 5.41) is 12.0. The quantitative estimate of drug-likeness (QED) is 0.205. The number of hydrogen-bond acceptors (Lipinski definition) is 4. The smallest absolute Gasteiger partial charge is 0.329 e. The molecule has 8 heteroatoms. The Morgan fingerprint density at radius 2 is 1.88 bits per heavy atom. The van der Waals surface area contributed by atoms with Gasteiger partial charge in [-0.2, -0.15) is 5.26 Å². The average Bonchev–Trinajstić information content (AvgIpc) is 3.06. The van der Waals surface area contributed by atoms with E-state index in [-0.39, 0.29) is 24.8 Å². The molecule has 170 valence electrons. The molecule has 1 fully saturated rings. The Balaban J connectivity index is 1.61. The molecule has 34 heavy (non-hydrogen) atoms. The zero-order chi connectivity index (χ0) is 24.2. The molecular weight excluding hydrogens is 656 g/mol. The van der Waals surface area contributed by atoms with Crippen molar-refractivity contribution in [1.29, 1.82) is 5.26 Å². The Hall–Kier alpha value is -2.91. The van der Waals surface area contributed by atoms with Crippen molar-refractivity contribution in [2.24, 2.45) is 0 Å². The number of amides is 3. The van der Waals surface area contributed by atoms with Crippen LogP contribution in [0.3, 0.4) is 0 Å². The highest BCUT2D eigenvalue weighted by molar-refractivity contribution is 14.1. The summed E-state index contributed by atoms with van der Waals surface area (Å²) in [5.74, 6) is 0.196. The van der Waals surface area contributed by atoms with Gasteiger partial charge in [0.15, 0.2) is 0 Å². The SMILES string of the molecule is Cc1cccc(CN2C(=O)N/C(=C/c3cc(I)cc(I)c3OCc3ccccc3C#N)C2=O)c1.